The van der Waals surface area contributed by atoms with Crippen molar-refractivity contribution in [2.45, 2.75) is 18.9 Å². The van der Waals surface area contributed by atoms with Crippen molar-refractivity contribution in [2.24, 2.45) is 11.7 Å². The van der Waals surface area contributed by atoms with E-state index in [0.29, 0.717) is 19.6 Å². The highest BCUT2D eigenvalue weighted by Crippen LogP contribution is 2.19. The molecule has 0 aromatic heterocycles. The minimum absolute atomic E-state index is 0.139. The number of alkyl halides is 2. The van der Waals surface area contributed by atoms with Crippen molar-refractivity contribution in [1.82, 2.24) is 0 Å². The van der Waals surface area contributed by atoms with Crippen LogP contribution in [0.2, 0.25) is 0 Å². The zero-order valence-corrected chi connectivity index (χ0v) is 5.59. The van der Waals surface area contributed by atoms with Gasteiger partial charge < -0.3 is 10.5 Å². The van der Waals surface area contributed by atoms with Crippen LogP contribution in [0.4, 0.5) is 8.78 Å². The zero-order chi connectivity index (χ0) is 7.56. The predicted octanol–water partition coefficient (Wildman–Crippen LogP) is 0.615. The van der Waals surface area contributed by atoms with Crippen LogP contribution in [-0.2, 0) is 4.74 Å². The molecule has 0 aromatic carbocycles. The van der Waals surface area contributed by atoms with Gasteiger partial charge in [0.05, 0.1) is 12.6 Å². The molecule has 2 N–H and O–H groups in total. The SMILES string of the molecule is N[C@H](C(F)F)C1CCOC1. The second-order valence-corrected chi connectivity index (χ2v) is 2.54. The summed E-state index contributed by atoms with van der Waals surface area (Å²) in [6.45, 7) is 0.969. The Kier molecular flexibility index (Phi) is 2.56. The van der Waals surface area contributed by atoms with Crippen LogP contribution in [-0.4, -0.2) is 25.7 Å². The Labute approximate surface area is 58.3 Å². The Hall–Kier alpha value is -0.220. The van der Waals surface area contributed by atoms with Crippen LogP contribution in [0.15, 0.2) is 0 Å². The van der Waals surface area contributed by atoms with E-state index in [9.17, 15) is 8.78 Å². The number of ether oxygens (including phenoxy) is 1. The molecule has 1 unspecified atom stereocenters. The molecule has 0 saturated carbocycles. The fourth-order valence-corrected chi connectivity index (χ4v) is 1.06. The van der Waals surface area contributed by atoms with Gasteiger partial charge in [0.15, 0.2) is 0 Å². The molecular formula is C6H11F2NO. The summed E-state index contributed by atoms with van der Waals surface area (Å²) in [5, 5.41) is 0. The summed E-state index contributed by atoms with van der Waals surface area (Å²) in [4.78, 5) is 0. The highest BCUT2D eigenvalue weighted by molar-refractivity contribution is 4.77. The minimum atomic E-state index is -2.41. The number of hydrogen-bond donors (Lipinski definition) is 1. The topological polar surface area (TPSA) is 35.2 Å². The highest BCUT2D eigenvalue weighted by Gasteiger charge is 2.28. The van der Waals surface area contributed by atoms with Crippen molar-refractivity contribution >= 4 is 0 Å². The van der Waals surface area contributed by atoms with Crippen molar-refractivity contribution in [2.75, 3.05) is 13.2 Å². The molecule has 0 amide bonds. The summed E-state index contributed by atoms with van der Waals surface area (Å²) in [6, 6.07) is -0.998. The van der Waals surface area contributed by atoms with Gasteiger partial charge in [-0.2, -0.15) is 0 Å². The lowest BCUT2D eigenvalue weighted by Crippen LogP contribution is -2.37. The third-order valence-electron chi connectivity index (χ3n) is 1.80. The minimum Gasteiger partial charge on any atom is -0.381 e. The van der Waals surface area contributed by atoms with Crippen molar-refractivity contribution in [3.05, 3.63) is 0 Å². The van der Waals surface area contributed by atoms with Gasteiger partial charge in [-0.25, -0.2) is 8.78 Å². The number of hydrogen-bond acceptors (Lipinski definition) is 2. The molecule has 60 valence electrons. The highest BCUT2D eigenvalue weighted by atomic mass is 19.3. The molecule has 4 heteroatoms. The quantitative estimate of drug-likeness (QED) is 0.627. The molecule has 0 bridgehead atoms. The maximum absolute atomic E-state index is 11.9. The molecule has 2 nitrogen and oxygen atoms in total. The molecule has 1 rings (SSSR count). The number of halogens is 2. The van der Waals surface area contributed by atoms with Crippen molar-refractivity contribution < 1.29 is 13.5 Å². The summed E-state index contributed by atoms with van der Waals surface area (Å²) in [5.41, 5.74) is 5.19. The lowest BCUT2D eigenvalue weighted by atomic mass is 10.0. The third kappa shape index (κ3) is 1.64. The first-order chi connectivity index (χ1) is 4.72. The van der Waals surface area contributed by atoms with E-state index in [1.54, 1.807) is 0 Å². The summed E-state index contributed by atoms with van der Waals surface area (Å²) >= 11 is 0. The van der Waals surface area contributed by atoms with E-state index in [1.807, 2.05) is 0 Å². The summed E-state index contributed by atoms with van der Waals surface area (Å²) in [6.07, 6.45) is -1.74. The molecule has 1 aliphatic heterocycles. The van der Waals surface area contributed by atoms with E-state index in [4.69, 9.17) is 10.5 Å². The fraction of sp³-hybridized carbons (Fsp3) is 1.00. The molecule has 0 aliphatic carbocycles. The van der Waals surface area contributed by atoms with Gasteiger partial charge in [0.25, 0.3) is 6.43 Å². The number of nitrogens with two attached hydrogens (primary N) is 1. The van der Waals surface area contributed by atoms with Crippen LogP contribution in [0.3, 0.4) is 0 Å². The van der Waals surface area contributed by atoms with Crippen LogP contribution in [0.1, 0.15) is 6.42 Å². The molecule has 10 heavy (non-hydrogen) atoms. The van der Waals surface area contributed by atoms with Crippen molar-refractivity contribution in [3.63, 3.8) is 0 Å². The van der Waals surface area contributed by atoms with Gasteiger partial charge in [0.1, 0.15) is 0 Å². The van der Waals surface area contributed by atoms with Gasteiger partial charge in [0.2, 0.25) is 0 Å². The smallest absolute Gasteiger partial charge is 0.253 e. The third-order valence-corrected chi connectivity index (χ3v) is 1.80. The normalized spacial score (nSPS) is 29.4. The lowest BCUT2D eigenvalue weighted by Gasteiger charge is -2.15. The van der Waals surface area contributed by atoms with E-state index in [2.05, 4.69) is 0 Å². The Morgan fingerprint density at radius 3 is 2.60 bits per heavy atom. The van der Waals surface area contributed by atoms with Gasteiger partial charge in [-0.3, -0.25) is 0 Å². The second kappa shape index (κ2) is 3.25. The first kappa shape index (κ1) is 7.88. The van der Waals surface area contributed by atoms with Crippen molar-refractivity contribution in [3.8, 4) is 0 Å². The van der Waals surface area contributed by atoms with E-state index in [-0.39, 0.29) is 5.92 Å². The predicted molar refractivity (Wildman–Crippen MR) is 32.9 cm³/mol. The van der Waals surface area contributed by atoms with Gasteiger partial charge in [-0.15, -0.1) is 0 Å². The Balaban J connectivity index is 2.32. The monoisotopic (exact) mass is 151 g/mol. The maximum atomic E-state index is 11.9. The molecule has 2 atom stereocenters. The molecule has 1 saturated heterocycles. The average molecular weight is 151 g/mol. The largest absolute Gasteiger partial charge is 0.381 e. The molecule has 0 aromatic rings. The van der Waals surface area contributed by atoms with Gasteiger partial charge in [0, 0.05) is 12.5 Å². The van der Waals surface area contributed by atoms with Gasteiger partial charge in [-0.1, -0.05) is 0 Å². The van der Waals surface area contributed by atoms with Gasteiger partial charge in [-0.05, 0) is 6.42 Å². The van der Waals surface area contributed by atoms with E-state index in [0.717, 1.165) is 0 Å². The maximum Gasteiger partial charge on any atom is 0.253 e. The fourth-order valence-electron chi connectivity index (χ4n) is 1.06. The molecule has 1 heterocycles. The van der Waals surface area contributed by atoms with E-state index >= 15 is 0 Å². The first-order valence-corrected chi connectivity index (χ1v) is 3.33. The van der Waals surface area contributed by atoms with Crippen LogP contribution in [0.25, 0.3) is 0 Å². The Morgan fingerprint density at radius 1 is 1.50 bits per heavy atom. The van der Waals surface area contributed by atoms with E-state index < -0.39 is 12.5 Å². The number of rotatable bonds is 2. The van der Waals surface area contributed by atoms with Crippen LogP contribution in [0, 0.1) is 5.92 Å². The van der Waals surface area contributed by atoms with Crippen molar-refractivity contribution in [1.29, 1.82) is 0 Å². The first-order valence-electron chi connectivity index (χ1n) is 3.33. The van der Waals surface area contributed by atoms with E-state index in [1.165, 1.54) is 0 Å². The summed E-state index contributed by atoms with van der Waals surface area (Å²) in [5.74, 6) is -0.139. The molecule has 1 fully saturated rings. The van der Waals surface area contributed by atoms with Gasteiger partial charge >= 0.3 is 0 Å². The van der Waals surface area contributed by atoms with Crippen LogP contribution < -0.4 is 5.73 Å². The second-order valence-electron chi connectivity index (χ2n) is 2.54. The molecule has 0 radical (unpaired) electrons. The Morgan fingerprint density at radius 2 is 2.20 bits per heavy atom. The molecule has 1 aliphatic rings. The zero-order valence-electron chi connectivity index (χ0n) is 5.59. The van der Waals surface area contributed by atoms with Crippen LogP contribution >= 0.6 is 0 Å². The summed E-state index contributed by atoms with van der Waals surface area (Å²) < 4.78 is 28.7. The Bertz CT molecular complexity index is 104. The standard InChI is InChI=1S/C6H11F2NO/c7-6(8)5(9)4-1-2-10-3-4/h4-6H,1-3,9H2/t4?,5-/m0/s1. The lowest BCUT2D eigenvalue weighted by molar-refractivity contribution is 0.0814. The average Bonchev–Trinajstić information content (AvgIpc) is 2.36. The molecular weight excluding hydrogens is 140 g/mol. The molecule has 0 spiro atoms. The van der Waals surface area contributed by atoms with Crippen LogP contribution in [0.5, 0.6) is 0 Å². The summed E-state index contributed by atoms with van der Waals surface area (Å²) in [7, 11) is 0.